The molecule has 0 radical (unpaired) electrons. The van der Waals surface area contributed by atoms with Crippen molar-refractivity contribution in [3.8, 4) is 17.9 Å². The summed E-state index contributed by atoms with van der Waals surface area (Å²) in [6.07, 6.45) is 1.86. The van der Waals surface area contributed by atoms with Crippen molar-refractivity contribution >= 4 is 8.53 Å². The molecular formula is C19H33N2O4P. The minimum Gasteiger partial charge on any atom is -0.376 e. The molecule has 1 aliphatic rings. The van der Waals surface area contributed by atoms with Gasteiger partial charge in [-0.05, 0) is 41.0 Å². The summed E-state index contributed by atoms with van der Waals surface area (Å²) in [6, 6.07) is 2.67. The molecule has 0 saturated carbocycles. The molecule has 6 nitrogen and oxygen atoms in total. The monoisotopic (exact) mass is 384 g/mol. The number of nitriles is 1. The molecule has 0 spiro atoms. The normalized spacial score (nSPS) is 21.0. The van der Waals surface area contributed by atoms with Gasteiger partial charge < -0.3 is 18.5 Å². The maximum absolute atomic E-state index is 8.79. The maximum Gasteiger partial charge on any atom is 0.259 e. The van der Waals surface area contributed by atoms with E-state index in [1.54, 1.807) is 0 Å². The summed E-state index contributed by atoms with van der Waals surface area (Å²) >= 11 is 0. The third-order valence-electron chi connectivity index (χ3n) is 3.82. The van der Waals surface area contributed by atoms with Crippen LogP contribution in [-0.4, -0.2) is 55.4 Å². The highest BCUT2D eigenvalue weighted by molar-refractivity contribution is 7.44. The molecular weight excluding hydrogens is 351 g/mol. The maximum atomic E-state index is 8.79. The lowest BCUT2D eigenvalue weighted by Crippen LogP contribution is -2.37. The van der Waals surface area contributed by atoms with Gasteiger partial charge in [0.2, 0.25) is 0 Å². The minimum absolute atomic E-state index is 0.0877. The largest absolute Gasteiger partial charge is 0.376 e. The molecule has 1 aliphatic heterocycles. The fraction of sp³-hybridized carbons (Fsp3) is 0.842. The molecule has 1 heterocycles. The summed E-state index contributed by atoms with van der Waals surface area (Å²) < 4.78 is 26.0. The van der Waals surface area contributed by atoms with Crippen LogP contribution in [-0.2, 0) is 18.5 Å². The third-order valence-corrected chi connectivity index (χ3v) is 5.98. The number of nitrogens with zero attached hydrogens (tertiary/aromatic N) is 2. The van der Waals surface area contributed by atoms with E-state index in [0.717, 1.165) is 12.8 Å². The average Bonchev–Trinajstić information content (AvgIpc) is 3.01. The number of hydrogen-bond donors (Lipinski definition) is 0. The molecule has 0 aromatic carbocycles. The third kappa shape index (κ3) is 8.31. The summed E-state index contributed by atoms with van der Waals surface area (Å²) in [6.45, 7) is 12.4. The van der Waals surface area contributed by atoms with Gasteiger partial charge in [0, 0.05) is 25.1 Å². The van der Waals surface area contributed by atoms with E-state index in [1.807, 2.05) is 6.92 Å². The van der Waals surface area contributed by atoms with Crippen LogP contribution >= 0.6 is 8.53 Å². The van der Waals surface area contributed by atoms with Crippen LogP contribution < -0.4 is 0 Å². The topological polar surface area (TPSA) is 64.0 Å². The first kappa shape index (κ1) is 23.3. The van der Waals surface area contributed by atoms with E-state index < -0.39 is 8.53 Å². The Balaban J connectivity index is 2.64. The molecule has 1 fully saturated rings. The number of unbranched alkanes of at least 4 members (excludes halogenated alkanes) is 1. The van der Waals surface area contributed by atoms with Gasteiger partial charge in [0.25, 0.3) is 8.53 Å². The summed E-state index contributed by atoms with van der Waals surface area (Å²) in [5.41, 5.74) is 0. The SMILES string of the molecule is CC#CCCCOC1COCC1OP(OCCC#N)N(C(C)C)C(C)C. The van der Waals surface area contributed by atoms with Crippen molar-refractivity contribution in [2.45, 2.75) is 78.2 Å². The van der Waals surface area contributed by atoms with E-state index in [4.69, 9.17) is 23.8 Å². The molecule has 7 heteroatoms. The van der Waals surface area contributed by atoms with Crippen molar-refractivity contribution in [1.82, 2.24) is 4.67 Å². The first-order chi connectivity index (χ1) is 12.5. The second-order valence-corrected chi connectivity index (χ2v) is 8.07. The van der Waals surface area contributed by atoms with Crippen molar-refractivity contribution < 1.29 is 18.5 Å². The van der Waals surface area contributed by atoms with Crippen molar-refractivity contribution in [1.29, 1.82) is 5.26 Å². The van der Waals surface area contributed by atoms with E-state index in [0.29, 0.717) is 32.8 Å². The van der Waals surface area contributed by atoms with E-state index in [9.17, 15) is 0 Å². The molecule has 0 aromatic heterocycles. The Labute approximate surface area is 160 Å². The molecule has 3 unspecified atom stereocenters. The molecule has 26 heavy (non-hydrogen) atoms. The molecule has 0 aliphatic carbocycles. The van der Waals surface area contributed by atoms with Crippen molar-refractivity contribution in [3.63, 3.8) is 0 Å². The van der Waals surface area contributed by atoms with Crippen LogP contribution in [0.2, 0.25) is 0 Å². The van der Waals surface area contributed by atoms with E-state index in [-0.39, 0.29) is 24.3 Å². The second kappa shape index (κ2) is 13.4. The lowest BCUT2D eigenvalue weighted by Gasteiger charge is -2.37. The number of ether oxygens (including phenoxy) is 2. The van der Waals surface area contributed by atoms with Gasteiger partial charge in [-0.2, -0.15) is 5.26 Å². The van der Waals surface area contributed by atoms with Gasteiger partial charge in [0.05, 0.1) is 32.3 Å². The molecule has 0 amide bonds. The molecule has 1 saturated heterocycles. The van der Waals surface area contributed by atoms with Gasteiger partial charge in [-0.15, -0.1) is 11.8 Å². The van der Waals surface area contributed by atoms with Crippen LogP contribution in [0.3, 0.4) is 0 Å². The lowest BCUT2D eigenvalue weighted by molar-refractivity contribution is -0.00652. The summed E-state index contributed by atoms with van der Waals surface area (Å²) in [4.78, 5) is 0. The predicted octanol–water partition coefficient (Wildman–Crippen LogP) is 3.87. The summed E-state index contributed by atoms with van der Waals surface area (Å²) in [7, 11) is -1.28. The van der Waals surface area contributed by atoms with Crippen LogP contribution in [0, 0.1) is 23.2 Å². The van der Waals surface area contributed by atoms with Gasteiger partial charge in [-0.3, -0.25) is 0 Å². The number of rotatable bonds is 12. The Bertz CT molecular complexity index is 476. The fourth-order valence-electron chi connectivity index (χ4n) is 2.70. The van der Waals surface area contributed by atoms with Crippen LogP contribution in [0.4, 0.5) is 0 Å². The van der Waals surface area contributed by atoms with Gasteiger partial charge in [0.1, 0.15) is 12.2 Å². The second-order valence-electron chi connectivity index (χ2n) is 6.67. The van der Waals surface area contributed by atoms with Gasteiger partial charge in [-0.1, -0.05) is 0 Å². The van der Waals surface area contributed by atoms with Crippen molar-refractivity contribution in [2.75, 3.05) is 26.4 Å². The Hall–Kier alpha value is -0.720. The molecule has 0 bridgehead atoms. The van der Waals surface area contributed by atoms with Crippen LogP contribution in [0.25, 0.3) is 0 Å². The highest BCUT2D eigenvalue weighted by Crippen LogP contribution is 2.48. The molecule has 1 rings (SSSR count). The van der Waals surface area contributed by atoms with Crippen molar-refractivity contribution in [2.24, 2.45) is 0 Å². The van der Waals surface area contributed by atoms with E-state index in [1.165, 1.54) is 0 Å². The molecule has 0 aromatic rings. The van der Waals surface area contributed by atoms with E-state index >= 15 is 0 Å². The zero-order valence-corrected chi connectivity index (χ0v) is 17.6. The quantitative estimate of drug-likeness (QED) is 0.289. The first-order valence-electron chi connectivity index (χ1n) is 9.35. The smallest absolute Gasteiger partial charge is 0.259 e. The van der Waals surface area contributed by atoms with Gasteiger partial charge >= 0.3 is 0 Å². The van der Waals surface area contributed by atoms with Crippen LogP contribution in [0.5, 0.6) is 0 Å². The fourth-order valence-corrected chi connectivity index (χ4v) is 4.43. The standard InChI is InChI=1S/C19H33N2O4P/c1-6-7-8-9-12-23-18-14-22-15-19(18)25-26(24-13-10-11-20)21(16(2)3)17(4)5/h16-19H,8-10,12-15H2,1-5H3. The minimum atomic E-state index is -1.28. The average molecular weight is 384 g/mol. The zero-order valence-electron chi connectivity index (χ0n) is 16.7. The zero-order chi connectivity index (χ0) is 19.4. The van der Waals surface area contributed by atoms with E-state index in [2.05, 4.69) is 50.3 Å². The summed E-state index contributed by atoms with van der Waals surface area (Å²) in [5.74, 6) is 5.93. The molecule has 148 valence electrons. The lowest BCUT2D eigenvalue weighted by atomic mass is 10.2. The highest BCUT2D eigenvalue weighted by Gasteiger charge is 2.36. The summed E-state index contributed by atoms with van der Waals surface area (Å²) in [5, 5.41) is 8.79. The molecule has 0 N–H and O–H groups in total. The van der Waals surface area contributed by atoms with Gasteiger partial charge in [0.15, 0.2) is 0 Å². The van der Waals surface area contributed by atoms with Crippen LogP contribution in [0.15, 0.2) is 0 Å². The van der Waals surface area contributed by atoms with Crippen LogP contribution in [0.1, 0.15) is 53.9 Å². The molecule has 3 atom stereocenters. The van der Waals surface area contributed by atoms with Gasteiger partial charge in [-0.25, -0.2) is 4.67 Å². The number of hydrogen-bond acceptors (Lipinski definition) is 6. The predicted molar refractivity (Wildman–Crippen MR) is 103 cm³/mol. The first-order valence-corrected chi connectivity index (χ1v) is 10.5. The van der Waals surface area contributed by atoms with Crippen molar-refractivity contribution in [3.05, 3.63) is 0 Å². The highest BCUT2D eigenvalue weighted by atomic mass is 31.2. The Morgan fingerprint density at radius 3 is 2.42 bits per heavy atom. The Kier molecular flexibility index (Phi) is 12.1. The Morgan fingerprint density at radius 1 is 1.12 bits per heavy atom. The Morgan fingerprint density at radius 2 is 1.81 bits per heavy atom.